The Bertz CT molecular complexity index is 1140. The summed E-state index contributed by atoms with van der Waals surface area (Å²) < 4.78 is 46.4. The Balaban J connectivity index is 2.27. The normalized spacial score (nSPS) is 12.8. The van der Waals surface area contributed by atoms with Gasteiger partial charge < -0.3 is 15.0 Å². The van der Waals surface area contributed by atoms with E-state index in [1.807, 2.05) is 0 Å². The highest BCUT2D eigenvalue weighted by molar-refractivity contribution is 5.97. The Morgan fingerprint density at radius 3 is 2.62 bits per heavy atom. The maximum absolute atomic E-state index is 13.6. The number of nitrogens with two attached hydrogens (primary N) is 1. The van der Waals surface area contributed by atoms with Crippen molar-refractivity contribution in [3.05, 3.63) is 64.2 Å². The van der Waals surface area contributed by atoms with Crippen LogP contribution in [0.1, 0.15) is 11.1 Å². The minimum Gasteiger partial charge on any atom is -0.468 e. The number of carbonyl (C=O) groups is 1. The number of alkyl halides is 3. The van der Waals surface area contributed by atoms with Gasteiger partial charge in [-0.2, -0.15) is 13.2 Å². The number of ether oxygens (including phenoxy) is 1. The molecular formula is C20H18F3N3O3. The van der Waals surface area contributed by atoms with Crippen LogP contribution in [0.15, 0.2) is 47.5 Å². The average Bonchev–Trinajstić information content (AvgIpc) is 2.68. The van der Waals surface area contributed by atoms with Gasteiger partial charge in [-0.05, 0) is 29.5 Å². The summed E-state index contributed by atoms with van der Waals surface area (Å²) >= 11 is 0. The molecule has 9 heteroatoms. The summed E-state index contributed by atoms with van der Waals surface area (Å²) in [5.74, 6) is -0.604. The van der Waals surface area contributed by atoms with Crippen LogP contribution < -0.4 is 11.3 Å². The van der Waals surface area contributed by atoms with E-state index in [4.69, 9.17) is 5.73 Å². The molecule has 0 spiro atoms. The topological polar surface area (TPSA) is 87.2 Å². The van der Waals surface area contributed by atoms with Crippen molar-refractivity contribution in [1.82, 2.24) is 9.55 Å². The Hall–Kier alpha value is -3.20. The predicted octanol–water partition coefficient (Wildman–Crippen LogP) is 2.66. The maximum Gasteiger partial charge on any atom is 0.417 e. The van der Waals surface area contributed by atoms with Crippen LogP contribution in [0.5, 0.6) is 0 Å². The van der Waals surface area contributed by atoms with Crippen LogP contribution in [0.25, 0.3) is 22.0 Å². The summed E-state index contributed by atoms with van der Waals surface area (Å²) in [6.45, 7) is 0. The van der Waals surface area contributed by atoms with Gasteiger partial charge in [0.25, 0.3) is 5.56 Å². The van der Waals surface area contributed by atoms with Crippen LogP contribution in [-0.2, 0) is 29.2 Å². The molecule has 0 saturated heterocycles. The first-order chi connectivity index (χ1) is 13.6. The van der Waals surface area contributed by atoms with Gasteiger partial charge in [0.05, 0.1) is 23.9 Å². The number of esters is 1. The number of pyridine rings is 2. The molecule has 6 nitrogen and oxygen atoms in total. The summed E-state index contributed by atoms with van der Waals surface area (Å²) in [6, 6.07) is 6.44. The van der Waals surface area contributed by atoms with Gasteiger partial charge >= 0.3 is 12.1 Å². The second-order valence-electron chi connectivity index (χ2n) is 6.52. The molecule has 2 heterocycles. The summed E-state index contributed by atoms with van der Waals surface area (Å²) in [6.07, 6.45) is -2.21. The molecule has 0 aliphatic heterocycles. The van der Waals surface area contributed by atoms with Gasteiger partial charge in [0.2, 0.25) is 0 Å². The van der Waals surface area contributed by atoms with Crippen LogP contribution >= 0.6 is 0 Å². The van der Waals surface area contributed by atoms with Gasteiger partial charge in [-0.3, -0.25) is 14.6 Å². The zero-order valence-corrected chi connectivity index (χ0v) is 15.7. The van der Waals surface area contributed by atoms with E-state index in [9.17, 15) is 22.8 Å². The summed E-state index contributed by atoms with van der Waals surface area (Å²) in [7, 11) is 2.59. The molecule has 0 amide bonds. The summed E-state index contributed by atoms with van der Waals surface area (Å²) in [5, 5.41) is 0.909. The predicted molar refractivity (Wildman–Crippen MR) is 101 cm³/mol. The SMILES string of the molecule is COC(=O)[C@@H](N)Cc1cccc2c(-c3c(C(F)(F)F)ccn(C)c3=O)nccc12. The van der Waals surface area contributed by atoms with Crippen LogP contribution in [0.4, 0.5) is 13.2 Å². The van der Waals surface area contributed by atoms with Gasteiger partial charge in [-0.1, -0.05) is 18.2 Å². The van der Waals surface area contributed by atoms with Crippen molar-refractivity contribution in [2.45, 2.75) is 18.6 Å². The number of hydrogen-bond donors (Lipinski definition) is 1. The molecule has 3 rings (SSSR count). The lowest BCUT2D eigenvalue weighted by molar-refractivity contribution is -0.142. The van der Waals surface area contributed by atoms with E-state index in [-0.39, 0.29) is 12.1 Å². The lowest BCUT2D eigenvalue weighted by Crippen LogP contribution is -2.33. The lowest BCUT2D eigenvalue weighted by atomic mass is 9.95. The molecule has 152 valence electrons. The lowest BCUT2D eigenvalue weighted by Gasteiger charge is -2.16. The van der Waals surface area contributed by atoms with Gasteiger partial charge in [-0.15, -0.1) is 0 Å². The molecule has 29 heavy (non-hydrogen) atoms. The zero-order chi connectivity index (χ0) is 21.3. The number of methoxy groups -OCH3 is 1. The van der Waals surface area contributed by atoms with E-state index in [2.05, 4.69) is 9.72 Å². The van der Waals surface area contributed by atoms with E-state index >= 15 is 0 Å². The van der Waals surface area contributed by atoms with Crippen molar-refractivity contribution >= 4 is 16.7 Å². The Kier molecular flexibility index (Phi) is 5.43. The molecule has 1 aromatic carbocycles. The fraction of sp³-hybridized carbons (Fsp3) is 0.250. The van der Waals surface area contributed by atoms with Crippen LogP contribution in [-0.4, -0.2) is 28.7 Å². The van der Waals surface area contributed by atoms with E-state index in [1.54, 1.807) is 24.3 Å². The quantitative estimate of drug-likeness (QED) is 0.675. The Morgan fingerprint density at radius 2 is 1.97 bits per heavy atom. The van der Waals surface area contributed by atoms with Gasteiger partial charge in [0.15, 0.2) is 0 Å². The number of hydrogen-bond acceptors (Lipinski definition) is 5. The first-order valence-electron chi connectivity index (χ1n) is 8.62. The fourth-order valence-electron chi connectivity index (χ4n) is 3.22. The number of aryl methyl sites for hydroxylation is 1. The van der Waals surface area contributed by atoms with Crippen molar-refractivity contribution in [2.24, 2.45) is 12.8 Å². The summed E-state index contributed by atoms with van der Waals surface area (Å²) in [5.41, 5.74) is 3.99. The molecule has 0 aliphatic carbocycles. The minimum atomic E-state index is -4.72. The van der Waals surface area contributed by atoms with Crippen LogP contribution in [0.2, 0.25) is 0 Å². The van der Waals surface area contributed by atoms with Crippen molar-refractivity contribution in [3.8, 4) is 11.3 Å². The third-order valence-corrected chi connectivity index (χ3v) is 4.65. The maximum atomic E-state index is 13.6. The van der Waals surface area contributed by atoms with Crippen molar-refractivity contribution < 1.29 is 22.7 Å². The molecule has 0 bridgehead atoms. The molecule has 3 aromatic rings. The average molecular weight is 405 g/mol. The number of nitrogens with zero attached hydrogens (tertiary/aromatic N) is 2. The molecular weight excluding hydrogens is 387 g/mol. The second-order valence-corrected chi connectivity index (χ2v) is 6.52. The van der Waals surface area contributed by atoms with Crippen LogP contribution in [0, 0.1) is 0 Å². The number of rotatable bonds is 4. The molecule has 0 radical (unpaired) electrons. The van der Waals surface area contributed by atoms with Crippen molar-refractivity contribution in [3.63, 3.8) is 0 Å². The Labute approximate surface area is 163 Å². The standard InChI is InChI=1S/C20H18F3N3O3/c1-26-9-7-14(20(21,22)23)16(18(26)27)17-13-5-3-4-11(12(13)6-8-25-17)10-15(24)19(28)29-2/h3-9,15H,10,24H2,1-2H3/t15-/m0/s1. The second kappa shape index (κ2) is 7.67. The van der Waals surface area contributed by atoms with Crippen molar-refractivity contribution in [2.75, 3.05) is 7.11 Å². The fourth-order valence-corrected chi connectivity index (χ4v) is 3.22. The van der Waals surface area contributed by atoms with Gasteiger partial charge in [0.1, 0.15) is 6.04 Å². The molecule has 2 aromatic heterocycles. The highest BCUT2D eigenvalue weighted by atomic mass is 19.4. The molecule has 2 N–H and O–H groups in total. The zero-order valence-electron chi connectivity index (χ0n) is 15.7. The van der Waals surface area contributed by atoms with Gasteiger partial charge in [-0.25, -0.2) is 0 Å². The number of benzene rings is 1. The van der Waals surface area contributed by atoms with Crippen molar-refractivity contribution in [1.29, 1.82) is 0 Å². The van der Waals surface area contributed by atoms with E-state index in [1.165, 1.54) is 20.4 Å². The molecule has 0 unspecified atom stereocenters. The largest absolute Gasteiger partial charge is 0.468 e. The van der Waals surface area contributed by atoms with Crippen LogP contribution in [0.3, 0.4) is 0 Å². The van der Waals surface area contributed by atoms with E-state index in [0.717, 1.165) is 16.8 Å². The third kappa shape index (κ3) is 3.86. The molecule has 1 atom stereocenters. The smallest absolute Gasteiger partial charge is 0.417 e. The summed E-state index contributed by atoms with van der Waals surface area (Å²) in [4.78, 5) is 28.4. The number of halogens is 3. The number of aromatic nitrogens is 2. The first kappa shape index (κ1) is 20.5. The number of fused-ring (bicyclic) bond motifs is 1. The highest BCUT2D eigenvalue weighted by Gasteiger charge is 2.36. The van der Waals surface area contributed by atoms with E-state index < -0.39 is 34.9 Å². The third-order valence-electron chi connectivity index (χ3n) is 4.65. The Morgan fingerprint density at radius 1 is 1.24 bits per heavy atom. The molecule has 0 aliphatic rings. The highest BCUT2D eigenvalue weighted by Crippen LogP contribution is 2.37. The molecule has 0 saturated carbocycles. The number of carbonyl (C=O) groups excluding carboxylic acids is 1. The van der Waals surface area contributed by atoms with E-state index in [0.29, 0.717) is 16.3 Å². The first-order valence-corrected chi connectivity index (χ1v) is 8.62. The van der Waals surface area contributed by atoms with Gasteiger partial charge in [0, 0.05) is 24.8 Å². The minimum absolute atomic E-state index is 0.0792. The molecule has 0 fully saturated rings. The monoisotopic (exact) mass is 405 g/mol.